The molecule has 9 heteroatoms. The number of nitrogens with zero attached hydrogens (tertiary/aromatic N) is 2. The number of halogens is 1. The zero-order valence-electron chi connectivity index (χ0n) is 19.8. The van der Waals surface area contributed by atoms with Gasteiger partial charge < -0.3 is 14.3 Å². The lowest BCUT2D eigenvalue weighted by molar-refractivity contribution is -0.117. The number of rotatable bonds is 6. The van der Waals surface area contributed by atoms with E-state index in [0.29, 0.717) is 32.8 Å². The van der Waals surface area contributed by atoms with Gasteiger partial charge in [0.05, 0.1) is 23.3 Å². The van der Waals surface area contributed by atoms with Crippen molar-refractivity contribution in [2.45, 2.75) is 26.0 Å². The van der Waals surface area contributed by atoms with Crippen LogP contribution in [0, 0.1) is 0 Å². The fourth-order valence-electron chi connectivity index (χ4n) is 4.26. The Balaban J connectivity index is 1.56. The van der Waals surface area contributed by atoms with E-state index >= 15 is 0 Å². The molecule has 5 rings (SSSR count). The van der Waals surface area contributed by atoms with Crippen molar-refractivity contribution in [3.8, 4) is 0 Å². The van der Waals surface area contributed by atoms with Crippen LogP contribution in [0.3, 0.4) is 0 Å². The van der Waals surface area contributed by atoms with Gasteiger partial charge in [0.2, 0.25) is 5.78 Å². The highest BCUT2D eigenvalue weighted by molar-refractivity contribution is 6.31. The van der Waals surface area contributed by atoms with Crippen molar-refractivity contribution in [2.75, 3.05) is 4.90 Å². The third-order valence-electron chi connectivity index (χ3n) is 5.90. The molecule has 0 fully saturated rings. The van der Waals surface area contributed by atoms with E-state index in [-0.39, 0.29) is 17.4 Å². The average Bonchev–Trinajstić information content (AvgIpc) is 3.42. The van der Waals surface area contributed by atoms with Gasteiger partial charge in [0.1, 0.15) is 5.58 Å². The summed E-state index contributed by atoms with van der Waals surface area (Å²) in [5, 5.41) is 12.0. The van der Waals surface area contributed by atoms with Crippen LogP contribution in [0.2, 0.25) is 5.02 Å². The van der Waals surface area contributed by atoms with E-state index in [4.69, 9.17) is 20.8 Å². The number of fused-ring (bicyclic) bond motifs is 1. The van der Waals surface area contributed by atoms with Crippen LogP contribution < -0.4 is 4.90 Å². The van der Waals surface area contributed by atoms with Crippen molar-refractivity contribution in [2.24, 2.45) is 0 Å². The molecule has 1 amide bonds. The first kappa shape index (κ1) is 24.3. The second-order valence-corrected chi connectivity index (χ2v) is 9.18. The molecule has 37 heavy (non-hydrogen) atoms. The maximum atomic E-state index is 13.7. The number of carbonyl (C=O) groups is 3. The molecule has 0 saturated heterocycles. The molecule has 0 aliphatic carbocycles. The monoisotopic (exact) mass is 516 g/mol. The summed E-state index contributed by atoms with van der Waals surface area (Å²) in [5.41, 5.74) is 1.54. The lowest BCUT2D eigenvalue weighted by Gasteiger charge is -2.26. The molecule has 2 aromatic carbocycles. The van der Waals surface area contributed by atoms with Gasteiger partial charge in [-0.1, -0.05) is 11.6 Å². The predicted octanol–water partition coefficient (Wildman–Crippen LogP) is 5.83. The first-order valence-electron chi connectivity index (χ1n) is 11.5. The minimum atomic E-state index is -0.965. The Bertz CT molecular complexity index is 1560. The smallest absolute Gasteiger partial charge is 0.338 e. The maximum Gasteiger partial charge on any atom is 0.338 e. The van der Waals surface area contributed by atoms with E-state index < -0.39 is 29.5 Å². The number of furan rings is 1. The second kappa shape index (κ2) is 9.55. The van der Waals surface area contributed by atoms with E-state index in [2.05, 4.69) is 4.98 Å². The molecule has 4 aromatic rings. The van der Waals surface area contributed by atoms with Crippen LogP contribution in [0.15, 0.2) is 88.8 Å². The summed E-state index contributed by atoms with van der Waals surface area (Å²) in [7, 11) is 0. The third kappa shape index (κ3) is 4.47. The molecule has 2 aromatic heterocycles. The van der Waals surface area contributed by atoms with Gasteiger partial charge >= 0.3 is 5.97 Å². The molecule has 1 aliphatic heterocycles. The van der Waals surface area contributed by atoms with E-state index in [9.17, 15) is 19.5 Å². The predicted molar refractivity (Wildman–Crippen MR) is 137 cm³/mol. The molecule has 3 heterocycles. The van der Waals surface area contributed by atoms with Gasteiger partial charge in [-0.15, -0.1) is 0 Å². The standard InChI is InChI=1S/C28H21ClN2O6/c1-15(2)36-28(35)17-3-6-20(7-4-17)31-24(16-9-11-30-12-10-16)23(26(33)27(31)34)25(32)22-14-18-13-19(29)5-8-21(18)37-22/h3-15,24,33H,1-2H3. The molecule has 1 aliphatic rings. The zero-order chi connectivity index (χ0) is 26.3. The fourth-order valence-corrected chi connectivity index (χ4v) is 4.44. The van der Waals surface area contributed by atoms with Crippen LogP contribution in [0.1, 0.15) is 46.4 Å². The van der Waals surface area contributed by atoms with Crippen LogP contribution in [0.5, 0.6) is 0 Å². The number of amides is 1. The molecule has 0 saturated carbocycles. The Morgan fingerprint density at radius 2 is 1.76 bits per heavy atom. The molecule has 186 valence electrons. The highest BCUT2D eigenvalue weighted by Gasteiger charge is 2.45. The van der Waals surface area contributed by atoms with Gasteiger partial charge in [-0.2, -0.15) is 0 Å². The lowest BCUT2D eigenvalue weighted by Crippen LogP contribution is -2.31. The molecule has 0 spiro atoms. The van der Waals surface area contributed by atoms with E-state index in [1.54, 1.807) is 56.3 Å². The van der Waals surface area contributed by atoms with E-state index in [1.165, 1.54) is 35.5 Å². The minimum absolute atomic E-state index is 0.0423. The number of esters is 1. The molecular weight excluding hydrogens is 496 g/mol. The van der Waals surface area contributed by atoms with Crippen LogP contribution in [-0.4, -0.2) is 33.9 Å². The summed E-state index contributed by atoms with van der Waals surface area (Å²) in [6.45, 7) is 3.50. The van der Waals surface area contributed by atoms with Crippen LogP contribution in [0.4, 0.5) is 5.69 Å². The molecule has 1 atom stereocenters. The number of aliphatic hydroxyl groups excluding tert-OH is 1. The molecule has 0 bridgehead atoms. The summed E-state index contributed by atoms with van der Waals surface area (Å²) in [4.78, 5) is 44.6. The Hall–Kier alpha value is -4.43. The first-order valence-corrected chi connectivity index (χ1v) is 11.8. The second-order valence-electron chi connectivity index (χ2n) is 8.74. The van der Waals surface area contributed by atoms with Gasteiger partial charge in [-0.05, 0) is 80.1 Å². The topological polar surface area (TPSA) is 110 Å². The normalized spacial score (nSPS) is 15.6. The van der Waals surface area contributed by atoms with Crippen LogP contribution >= 0.6 is 11.6 Å². The number of pyridine rings is 1. The molecular formula is C28H21ClN2O6. The van der Waals surface area contributed by atoms with Gasteiger partial charge in [0.25, 0.3) is 5.91 Å². The van der Waals surface area contributed by atoms with Gasteiger partial charge in [0.15, 0.2) is 11.5 Å². The summed E-state index contributed by atoms with van der Waals surface area (Å²) in [6.07, 6.45) is 2.78. The number of hydrogen-bond donors (Lipinski definition) is 1. The van der Waals surface area contributed by atoms with E-state index in [1.807, 2.05) is 0 Å². The summed E-state index contributed by atoms with van der Waals surface area (Å²) in [5.74, 6) is -2.63. The summed E-state index contributed by atoms with van der Waals surface area (Å²) < 4.78 is 11.0. The van der Waals surface area contributed by atoms with Crippen LogP contribution in [0.25, 0.3) is 11.0 Å². The van der Waals surface area contributed by atoms with Crippen molar-refractivity contribution >= 4 is 45.9 Å². The largest absolute Gasteiger partial charge is 0.503 e. The van der Waals surface area contributed by atoms with Crippen molar-refractivity contribution in [1.29, 1.82) is 0 Å². The van der Waals surface area contributed by atoms with Crippen molar-refractivity contribution in [3.63, 3.8) is 0 Å². The Kier molecular flexibility index (Phi) is 6.27. The minimum Gasteiger partial charge on any atom is -0.503 e. The number of ketones is 1. The lowest BCUT2D eigenvalue weighted by atomic mass is 9.95. The molecule has 1 N–H and O–H groups in total. The maximum absolute atomic E-state index is 13.7. The quantitative estimate of drug-likeness (QED) is 0.253. The van der Waals surface area contributed by atoms with Crippen molar-refractivity contribution in [1.82, 2.24) is 4.98 Å². The van der Waals surface area contributed by atoms with Crippen molar-refractivity contribution < 1.29 is 28.6 Å². The third-order valence-corrected chi connectivity index (χ3v) is 6.14. The number of aromatic nitrogens is 1. The van der Waals surface area contributed by atoms with Gasteiger partial charge in [-0.25, -0.2) is 4.79 Å². The Labute approximate surface area is 216 Å². The molecule has 1 unspecified atom stereocenters. The number of Topliss-reactive ketones (excluding diaryl/α,β-unsaturated/α-hetero) is 1. The highest BCUT2D eigenvalue weighted by Crippen LogP contribution is 2.42. The number of anilines is 1. The van der Waals surface area contributed by atoms with Gasteiger partial charge in [0, 0.05) is 28.5 Å². The Morgan fingerprint density at radius 1 is 1.05 bits per heavy atom. The summed E-state index contributed by atoms with van der Waals surface area (Å²) >= 11 is 6.06. The highest BCUT2D eigenvalue weighted by atomic mass is 35.5. The Morgan fingerprint density at radius 3 is 2.43 bits per heavy atom. The number of ether oxygens (including phenoxy) is 1. The fraction of sp³-hybridized carbons (Fsp3) is 0.143. The first-order chi connectivity index (χ1) is 17.7. The number of carbonyl (C=O) groups excluding carboxylic acids is 3. The van der Waals surface area contributed by atoms with Crippen molar-refractivity contribution in [3.05, 3.63) is 106 Å². The molecule has 0 radical (unpaired) electrons. The zero-order valence-corrected chi connectivity index (χ0v) is 20.6. The summed E-state index contributed by atoms with van der Waals surface area (Å²) in [6, 6.07) is 15.0. The number of aliphatic hydroxyl groups is 1. The van der Waals surface area contributed by atoms with Gasteiger partial charge in [-0.3, -0.25) is 19.5 Å². The molecule has 8 nitrogen and oxygen atoms in total. The number of hydrogen-bond acceptors (Lipinski definition) is 7. The SMILES string of the molecule is CC(C)OC(=O)c1ccc(N2C(=O)C(O)=C(C(=O)c3cc4cc(Cl)ccc4o3)C2c2ccncc2)cc1. The average molecular weight is 517 g/mol. The number of benzene rings is 2. The van der Waals surface area contributed by atoms with E-state index in [0.717, 1.165) is 0 Å². The van der Waals surface area contributed by atoms with Crippen LogP contribution in [-0.2, 0) is 9.53 Å².